The van der Waals surface area contributed by atoms with Gasteiger partial charge in [-0.05, 0) is 25.7 Å². The van der Waals surface area contributed by atoms with Gasteiger partial charge in [-0.3, -0.25) is 0 Å². The molecule has 0 bridgehead atoms. The quantitative estimate of drug-likeness (QED) is 0.0814. The summed E-state index contributed by atoms with van der Waals surface area (Å²) in [5.74, 6) is 0. The number of rotatable bonds is 28. The van der Waals surface area contributed by atoms with Crippen LogP contribution in [-0.4, -0.2) is 28.6 Å². The Morgan fingerprint density at radius 1 is 0.424 bits per heavy atom. The van der Waals surface area contributed by atoms with Gasteiger partial charge in [-0.2, -0.15) is 0 Å². The van der Waals surface area contributed by atoms with Crippen LogP contribution in [0.2, 0.25) is 6.04 Å². The van der Waals surface area contributed by atoms with Crippen molar-refractivity contribution in [2.24, 2.45) is 0 Å². The van der Waals surface area contributed by atoms with Crippen LogP contribution in [0, 0.1) is 6.92 Å². The van der Waals surface area contributed by atoms with Gasteiger partial charge in [0.15, 0.2) is 0 Å². The third-order valence-electron chi connectivity index (χ3n) is 6.44. The fourth-order valence-corrected chi connectivity index (χ4v) is 6.92. The monoisotopic (exact) mass is 485 g/mol. The molecule has 0 aromatic heterocycles. The third kappa shape index (κ3) is 22.3. The zero-order valence-electron chi connectivity index (χ0n) is 23.1. The highest BCUT2D eigenvalue weighted by Crippen LogP contribution is 2.22. The van der Waals surface area contributed by atoms with Gasteiger partial charge < -0.3 is 13.3 Å². The minimum atomic E-state index is -2.59. The highest BCUT2D eigenvalue weighted by Gasteiger charge is 2.40. The van der Waals surface area contributed by atoms with Crippen molar-refractivity contribution in [1.29, 1.82) is 0 Å². The molecule has 0 saturated carbocycles. The fraction of sp³-hybridized carbons (Fsp3) is 0.966. The molecule has 0 rings (SSSR count). The molecule has 0 amide bonds. The van der Waals surface area contributed by atoms with E-state index in [0.717, 1.165) is 64.4 Å². The molecule has 0 unspecified atom stereocenters. The molecule has 33 heavy (non-hydrogen) atoms. The molecule has 0 aliphatic rings. The Morgan fingerprint density at radius 3 is 1.09 bits per heavy atom. The lowest BCUT2D eigenvalue weighted by Crippen LogP contribution is -2.46. The molecule has 199 valence electrons. The van der Waals surface area contributed by atoms with E-state index < -0.39 is 8.80 Å². The maximum Gasteiger partial charge on any atom is 0.500 e. The lowest BCUT2D eigenvalue weighted by Gasteiger charge is -2.30. The number of unbranched alkanes of at least 4 members (excludes halogenated alkanes) is 17. The van der Waals surface area contributed by atoms with Gasteiger partial charge in [0.1, 0.15) is 0 Å². The lowest BCUT2D eigenvalue weighted by molar-refractivity contribution is 0.0546. The van der Waals surface area contributed by atoms with Crippen LogP contribution in [0.1, 0.15) is 156 Å². The highest BCUT2D eigenvalue weighted by molar-refractivity contribution is 6.60. The molecule has 4 heteroatoms. The van der Waals surface area contributed by atoms with Gasteiger partial charge in [0.05, 0.1) is 0 Å². The zero-order valence-corrected chi connectivity index (χ0v) is 24.1. The average Bonchev–Trinajstić information content (AvgIpc) is 2.82. The first-order valence-corrected chi connectivity index (χ1v) is 16.9. The van der Waals surface area contributed by atoms with Gasteiger partial charge in [0, 0.05) is 25.9 Å². The van der Waals surface area contributed by atoms with Gasteiger partial charge in [-0.15, -0.1) is 0 Å². The van der Waals surface area contributed by atoms with E-state index >= 15 is 0 Å². The fourth-order valence-electron chi connectivity index (χ4n) is 4.19. The normalized spacial score (nSPS) is 12.0. The van der Waals surface area contributed by atoms with E-state index in [0.29, 0.717) is 0 Å². The first-order chi connectivity index (χ1) is 16.2. The van der Waals surface area contributed by atoms with E-state index in [9.17, 15) is 0 Å². The van der Waals surface area contributed by atoms with E-state index in [1.165, 1.54) is 96.3 Å². The molecular formula is C29H61O3Si. The Kier molecular flexibility index (Phi) is 26.8. The van der Waals surface area contributed by atoms with E-state index in [1.54, 1.807) is 0 Å². The van der Waals surface area contributed by atoms with Crippen LogP contribution in [0.4, 0.5) is 0 Å². The zero-order chi connectivity index (χ0) is 24.3. The van der Waals surface area contributed by atoms with Crippen molar-refractivity contribution in [3.8, 4) is 0 Å². The number of hydrogen-bond donors (Lipinski definition) is 0. The second kappa shape index (κ2) is 26.7. The summed E-state index contributed by atoms with van der Waals surface area (Å²) in [6, 6.07) is 0.962. The molecule has 1 radical (unpaired) electrons. The van der Waals surface area contributed by atoms with Crippen LogP contribution in [0.3, 0.4) is 0 Å². The summed E-state index contributed by atoms with van der Waals surface area (Å²) in [7, 11) is -2.59. The minimum absolute atomic E-state index is 0.801. The van der Waals surface area contributed by atoms with Crippen LogP contribution in [0.25, 0.3) is 0 Å². The molecule has 0 aromatic carbocycles. The Morgan fingerprint density at radius 2 is 0.758 bits per heavy atom. The first-order valence-electron chi connectivity index (χ1n) is 15.0. The van der Waals surface area contributed by atoms with E-state index in [4.69, 9.17) is 13.3 Å². The molecule has 0 heterocycles. The smallest absolute Gasteiger partial charge is 0.373 e. The van der Waals surface area contributed by atoms with Crippen molar-refractivity contribution in [3.63, 3.8) is 0 Å². The summed E-state index contributed by atoms with van der Waals surface area (Å²) in [5, 5.41) is 0. The van der Waals surface area contributed by atoms with Gasteiger partial charge in [-0.25, -0.2) is 0 Å². The Labute approximate surface area is 210 Å². The van der Waals surface area contributed by atoms with Crippen molar-refractivity contribution >= 4 is 8.80 Å². The molecule has 0 aliphatic carbocycles. The predicted octanol–water partition coefficient (Wildman–Crippen LogP) is 10.1. The molecule has 3 nitrogen and oxygen atoms in total. The topological polar surface area (TPSA) is 27.7 Å². The molecule has 0 N–H and O–H groups in total. The van der Waals surface area contributed by atoms with Crippen LogP contribution < -0.4 is 0 Å². The maximum atomic E-state index is 6.55. The molecule has 0 fully saturated rings. The average molecular weight is 486 g/mol. The van der Waals surface area contributed by atoms with Crippen LogP contribution in [-0.2, 0) is 13.3 Å². The Balaban J connectivity index is 4.61. The van der Waals surface area contributed by atoms with E-state index in [1.807, 2.05) is 0 Å². The summed E-state index contributed by atoms with van der Waals surface area (Å²) in [6.07, 6.45) is 26.4. The third-order valence-corrected chi connectivity index (χ3v) is 9.34. The number of hydrogen-bond acceptors (Lipinski definition) is 3. The molecule has 0 saturated heterocycles. The maximum absolute atomic E-state index is 6.55. The van der Waals surface area contributed by atoms with Crippen molar-refractivity contribution in [2.45, 2.75) is 162 Å². The minimum Gasteiger partial charge on any atom is -0.373 e. The van der Waals surface area contributed by atoms with Crippen molar-refractivity contribution in [1.82, 2.24) is 0 Å². The molecule has 0 spiro atoms. The Hall–Kier alpha value is 0.0969. The molecule has 0 aromatic rings. The Bertz CT molecular complexity index is 319. The van der Waals surface area contributed by atoms with Crippen molar-refractivity contribution in [2.75, 3.05) is 19.8 Å². The summed E-state index contributed by atoms with van der Waals surface area (Å²) in [6.45, 7) is 13.3. The van der Waals surface area contributed by atoms with E-state index in [-0.39, 0.29) is 0 Å². The van der Waals surface area contributed by atoms with Gasteiger partial charge in [0.2, 0.25) is 0 Å². The van der Waals surface area contributed by atoms with Crippen LogP contribution in [0.15, 0.2) is 0 Å². The van der Waals surface area contributed by atoms with Crippen molar-refractivity contribution in [3.05, 3.63) is 6.92 Å². The van der Waals surface area contributed by atoms with Gasteiger partial charge in [-0.1, -0.05) is 137 Å². The van der Waals surface area contributed by atoms with Gasteiger partial charge in [0.25, 0.3) is 0 Å². The second-order valence-electron chi connectivity index (χ2n) is 9.84. The SMILES string of the molecule is [CH2]CCCC[Si](OCCCCCCCC)(OCCCCCCCC)OCCCCCCCC. The van der Waals surface area contributed by atoms with Crippen LogP contribution in [0.5, 0.6) is 0 Å². The summed E-state index contributed by atoms with van der Waals surface area (Å²) in [5.41, 5.74) is 0. The predicted molar refractivity (Wildman–Crippen MR) is 148 cm³/mol. The highest BCUT2D eigenvalue weighted by atomic mass is 28.4. The largest absolute Gasteiger partial charge is 0.500 e. The summed E-state index contributed by atoms with van der Waals surface area (Å²) < 4.78 is 19.6. The van der Waals surface area contributed by atoms with Crippen LogP contribution >= 0.6 is 0 Å². The lowest BCUT2D eigenvalue weighted by atomic mass is 10.1. The second-order valence-corrected chi connectivity index (χ2v) is 12.6. The first kappa shape index (κ1) is 33.1. The van der Waals surface area contributed by atoms with Crippen molar-refractivity contribution < 1.29 is 13.3 Å². The molecule has 0 atom stereocenters. The molecular weight excluding hydrogens is 424 g/mol. The molecule has 0 aliphatic heterocycles. The van der Waals surface area contributed by atoms with E-state index in [2.05, 4.69) is 27.7 Å². The summed E-state index contributed by atoms with van der Waals surface area (Å²) >= 11 is 0. The summed E-state index contributed by atoms with van der Waals surface area (Å²) in [4.78, 5) is 0. The van der Waals surface area contributed by atoms with Gasteiger partial charge >= 0.3 is 8.80 Å². The standard InChI is InChI=1S/C29H61O3Si/c1-5-9-13-16-19-22-26-30-33(29-25-12-8-4,31-27-23-20-17-14-10-6-2)32-28-24-21-18-15-11-7-3/h4-29H2,1-3H3.